The topological polar surface area (TPSA) is 105 Å². The Labute approximate surface area is 177 Å². The largest absolute Gasteiger partial charge is 0.302 e. The normalized spacial score (nSPS) is 11.4. The van der Waals surface area contributed by atoms with E-state index in [-0.39, 0.29) is 16.8 Å². The van der Waals surface area contributed by atoms with Crippen molar-refractivity contribution < 1.29 is 13.2 Å². The van der Waals surface area contributed by atoms with Gasteiger partial charge in [0.25, 0.3) is 10.0 Å². The van der Waals surface area contributed by atoms with E-state index in [1.54, 1.807) is 24.3 Å². The molecule has 8 nitrogen and oxygen atoms in total. The van der Waals surface area contributed by atoms with Gasteiger partial charge in [0.1, 0.15) is 0 Å². The van der Waals surface area contributed by atoms with Crippen LogP contribution in [0.1, 0.15) is 6.92 Å². The van der Waals surface area contributed by atoms with Crippen LogP contribution in [-0.2, 0) is 14.8 Å². The van der Waals surface area contributed by atoms with Gasteiger partial charge in [0.05, 0.1) is 20.8 Å². The van der Waals surface area contributed by atoms with Gasteiger partial charge < -0.3 is 5.32 Å². The summed E-state index contributed by atoms with van der Waals surface area (Å²) >= 11 is 1.35. The summed E-state index contributed by atoms with van der Waals surface area (Å²) in [6.45, 7) is 1.43. The number of carbonyl (C=O) groups is 1. The molecular formula is C20H17N5O3S2. The van der Waals surface area contributed by atoms with Crippen LogP contribution >= 0.6 is 11.3 Å². The number of sulfonamides is 1. The van der Waals surface area contributed by atoms with Gasteiger partial charge in [-0.3, -0.25) is 4.79 Å². The van der Waals surface area contributed by atoms with Crippen molar-refractivity contribution in [2.24, 2.45) is 0 Å². The Morgan fingerprint density at radius 3 is 2.57 bits per heavy atom. The summed E-state index contributed by atoms with van der Waals surface area (Å²) in [6.07, 6.45) is 1.52. The number of carbonyl (C=O) groups excluding carboxylic acids is 1. The summed E-state index contributed by atoms with van der Waals surface area (Å²) in [5.74, 6) is -0.114. The van der Waals surface area contributed by atoms with Gasteiger partial charge in [0, 0.05) is 25.7 Å². The number of benzene rings is 2. The van der Waals surface area contributed by atoms with Gasteiger partial charge in [-0.1, -0.05) is 35.6 Å². The quantitative estimate of drug-likeness (QED) is 0.510. The van der Waals surface area contributed by atoms with Gasteiger partial charge >= 0.3 is 0 Å². The maximum atomic E-state index is 12.9. The molecule has 2 heterocycles. The average Bonchev–Trinajstić information content (AvgIpc) is 3.14. The van der Waals surface area contributed by atoms with E-state index in [2.05, 4.69) is 20.3 Å². The van der Waals surface area contributed by atoms with Crippen LogP contribution in [0.5, 0.6) is 0 Å². The molecule has 30 heavy (non-hydrogen) atoms. The molecule has 0 atom stereocenters. The number of anilines is 2. The maximum Gasteiger partial charge on any atom is 0.266 e. The molecule has 0 radical (unpaired) electrons. The number of fused-ring (bicyclic) bond motifs is 1. The lowest BCUT2D eigenvalue weighted by Gasteiger charge is -2.17. The summed E-state index contributed by atoms with van der Waals surface area (Å²) < 4.78 is 27.6. The summed E-state index contributed by atoms with van der Waals surface area (Å²) in [5, 5.41) is 3.20. The molecule has 4 rings (SSSR count). The highest BCUT2D eigenvalue weighted by Gasteiger charge is 2.23. The van der Waals surface area contributed by atoms with Gasteiger partial charge in [-0.25, -0.2) is 27.7 Å². The molecule has 0 aliphatic heterocycles. The molecule has 0 fully saturated rings. The monoisotopic (exact) mass is 439 g/mol. The van der Waals surface area contributed by atoms with Crippen molar-refractivity contribution in [3.63, 3.8) is 0 Å². The summed E-state index contributed by atoms with van der Waals surface area (Å²) in [5.41, 5.74) is 2.12. The fourth-order valence-corrected chi connectivity index (χ4v) is 4.88. The number of aromatic nitrogens is 3. The number of nitrogens with zero attached hydrogens (tertiary/aromatic N) is 4. The molecule has 0 saturated carbocycles. The molecule has 2 aromatic heterocycles. The molecular weight excluding hydrogens is 422 g/mol. The Bertz CT molecular complexity index is 1340. The highest BCUT2D eigenvalue weighted by Crippen LogP contribution is 2.30. The third-order valence-corrected chi connectivity index (χ3v) is 6.98. The first-order valence-corrected chi connectivity index (χ1v) is 11.2. The van der Waals surface area contributed by atoms with Crippen LogP contribution in [0.2, 0.25) is 0 Å². The Morgan fingerprint density at radius 2 is 1.83 bits per heavy atom. The summed E-state index contributed by atoms with van der Waals surface area (Å²) in [4.78, 5) is 24.4. The van der Waals surface area contributed by atoms with E-state index < -0.39 is 10.0 Å². The lowest BCUT2D eigenvalue weighted by molar-refractivity contribution is -0.114. The van der Waals surface area contributed by atoms with E-state index >= 15 is 0 Å². The second-order valence-corrected chi connectivity index (χ2v) is 9.41. The maximum absolute atomic E-state index is 12.9. The predicted molar refractivity (Wildman–Crippen MR) is 117 cm³/mol. The van der Waals surface area contributed by atoms with Gasteiger partial charge in [0.15, 0.2) is 5.13 Å². The van der Waals surface area contributed by atoms with Crippen molar-refractivity contribution in [2.45, 2.75) is 11.8 Å². The Kier molecular flexibility index (Phi) is 5.18. The molecule has 0 aliphatic rings. The van der Waals surface area contributed by atoms with Crippen LogP contribution in [-0.4, -0.2) is 36.3 Å². The molecule has 0 spiro atoms. The predicted octanol–water partition coefficient (Wildman–Crippen LogP) is 3.54. The minimum Gasteiger partial charge on any atom is -0.302 e. The average molecular weight is 440 g/mol. The van der Waals surface area contributed by atoms with Crippen LogP contribution in [0.3, 0.4) is 0 Å². The van der Waals surface area contributed by atoms with Crippen LogP contribution in [0.4, 0.5) is 11.1 Å². The molecule has 0 bridgehead atoms. The number of nitrogens with one attached hydrogen (secondary N) is 1. The second-order valence-electron chi connectivity index (χ2n) is 6.41. The number of thiazole rings is 1. The van der Waals surface area contributed by atoms with Crippen molar-refractivity contribution in [2.75, 3.05) is 16.7 Å². The van der Waals surface area contributed by atoms with Crippen LogP contribution in [0.15, 0.2) is 65.7 Å². The van der Waals surface area contributed by atoms with E-state index in [9.17, 15) is 13.2 Å². The molecule has 2 aromatic carbocycles. The zero-order valence-corrected chi connectivity index (χ0v) is 17.7. The van der Waals surface area contributed by atoms with Gasteiger partial charge in [0.2, 0.25) is 11.9 Å². The number of hydrogen-bond acceptors (Lipinski definition) is 7. The van der Waals surface area contributed by atoms with Crippen LogP contribution in [0.25, 0.3) is 21.5 Å². The first-order valence-electron chi connectivity index (χ1n) is 8.90. The standard InChI is InChI=1S/C20H17N5O3S2/c1-13(26)22-20-24-17-9-8-14(12-18(17)29-20)16-10-11-21-19(23-16)25(2)30(27,28)15-6-4-3-5-7-15/h3-12H,1-2H3,(H,22,24,26). The zero-order chi connectivity index (χ0) is 21.3. The molecule has 10 heteroatoms. The Balaban J connectivity index is 1.68. The SMILES string of the molecule is CC(=O)Nc1nc2ccc(-c3ccnc(N(C)S(=O)(=O)c4ccccc4)n3)cc2s1. The first-order chi connectivity index (χ1) is 14.3. The lowest BCUT2D eigenvalue weighted by Crippen LogP contribution is -2.28. The Hall–Kier alpha value is -3.37. The van der Waals surface area contributed by atoms with Crippen LogP contribution < -0.4 is 9.62 Å². The minimum atomic E-state index is -3.77. The van der Waals surface area contributed by atoms with E-state index in [1.807, 2.05) is 18.2 Å². The third-order valence-electron chi connectivity index (χ3n) is 4.29. The molecule has 4 aromatic rings. The van der Waals surface area contributed by atoms with E-state index in [0.717, 1.165) is 20.1 Å². The fourth-order valence-electron chi connectivity index (χ4n) is 2.81. The van der Waals surface area contributed by atoms with Crippen molar-refractivity contribution in [3.8, 4) is 11.3 Å². The van der Waals surface area contributed by atoms with E-state index in [4.69, 9.17) is 0 Å². The first kappa shape index (κ1) is 19.9. The Morgan fingerprint density at radius 1 is 1.07 bits per heavy atom. The number of amides is 1. The molecule has 0 aliphatic carbocycles. The molecule has 1 amide bonds. The van der Waals surface area contributed by atoms with E-state index in [0.29, 0.717) is 10.8 Å². The van der Waals surface area contributed by atoms with Gasteiger partial charge in [-0.15, -0.1) is 0 Å². The molecule has 0 saturated heterocycles. The van der Waals surface area contributed by atoms with Crippen molar-refractivity contribution in [1.82, 2.24) is 15.0 Å². The van der Waals surface area contributed by atoms with E-state index in [1.165, 1.54) is 43.6 Å². The third kappa shape index (κ3) is 3.87. The molecule has 0 unspecified atom stereocenters. The zero-order valence-electron chi connectivity index (χ0n) is 16.1. The van der Waals surface area contributed by atoms with Gasteiger partial charge in [-0.2, -0.15) is 0 Å². The van der Waals surface area contributed by atoms with Crippen molar-refractivity contribution in [1.29, 1.82) is 0 Å². The highest BCUT2D eigenvalue weighted by atomic mass is 32.2. The summed E-state index contributed by atoms with van der Waals surface area (Å²) in [7, 11) is -2.35. The summed E-state index contributed by atoms with van der Waals surface area (Å²) in [6, 6.07) is 15.4. The smallest absolute Gasteiger partial charge is 0.266 e. The van der Waals surface area contributed by atoms with Gasteiger partial charge in [-0.05, 0) is 30.3 Å². The lowest BCUT2D eigenvalue weighted by atomic mass is 10.1. The number of rotatable bonds is 5. The minimum absolute atomic E-state index is 0.0692. The van der Waals surface area contributed by atoms with Crippen molar-refractivity contribution in [3.05, 3.63) is 60.8 Å². The highest BCUT2D eigenvalue weighted by molar-refractivity contribution is 7.92. The molecule has 152 valence electrons. The second kappa shape index (κ2) is 7.81. The molecule has 1 N–H and O–H groups in total. The number of hydrogen-bond donors (Lipinski definition) is 1. The van der Waals surface area contributed by atoms with Crippen molar-refractivity contribution >= 4 is 48.6 Å². The fraction of sp³-hybridized carbons (Fsp3) is 0.100. The van der Waals surface area contributed by atoms with Crippen LogP contribution in [0, 0.1) is 0 Å².